The topological polar surface area (TPSA) is 67.9 Å². The van der Waals surface area contributed by atoms with Crippen molar-refractivity contribution in [2.45, 2.75) is 25.9 Å². The zero-order chi connectivity index (χ0) is 21.2. The van der Waals surface area contributed by atoms with Crippen molar-refractivity contribution in [1.82, 2.24) is 10.2 Å². The molecule has 0 saturated carbocycles. The molecule has 0 aromatic heterocycles. The molecule has 0 spiro atoms. The van der Waals surface area contributed by atoms with Crippen LogP contribution in [0.2, 0.25) is 0 Å². The normalized spacial score (nSPS) is 11.3. The number of benzene rings is 2. The van der Waals surface area contributed by atoms with Crippen molar-refractivity contribution in [3.8, 4) is 11.5 Å². The average Bonchev–Trinajstić information content (AvgIpc) is 2.75. The maximum Gasteiger partial charge on any atom is 0.242 e. The number of hydrogen-bond acceptors (Lipinski definition) is 4. The van der Waals surface area contributed by atoms with Crippen LogP contribution >= 0.6 is 0 Å². The number of ether oxygens (including phenoxy) is 2. The van der Waals surface area contributed by atoms with Crippen LogP contribution in [0.15, 0.2) is 61.2 Å². The van der Waals surface area contributed by atoms with Gasteiger partial charge in [-0.3, -0.25) is 9.59 Å². The lowest BCUT2D eigenvalue weighted by atomic mass is 10.1. The summed E-state index contributed by atoms with van der Waals surface area (Å²) < 4.78 is 10.6. The van der Waals surface area contributed by atoms with Crippen molar-refractivity contribution < 1.29 is 19.1 Å². The largest absolute Gasteiger partial charge is 0.493 e. The van der Waals surface area contributed by atoms with E-state index in [0.29, 0.717) is 24.6 Å². The predicted octanol–water partition coefficient (Wildman–Crippen LogP) is 2.97. The van der Waals surface area contributed by atoms with Gasteiger partial charge in [0.2, 0.25) is 11.8 Å². The van der Waals surface area contributed by atoms with Crippen LogP contribution < -0.4 is 14.8 Å². The zero-order valence-electron chi connectivity index (χ0n) is 17.2. The number of methoxy groups -OCH3 is 2. The summed E-state index contributed by atoms with van der Waals surface area (Å²) in [5.74, 6) is 0.787. The van der Waals surface area contributed by atoms with Crippen molar-refractivity contribution in [3.05, 3.63) is 72.3 Å². The van der Waals surface area contributed by atoms with Gasteiger partial charge in [0, 0.05) is 13.1 Å². The Bertz CT molecular complexity index is 836. The van der Waals surface area contributed by atoms with Crippen LogP contribution in [-0.4, -0.2) is 43.5 Å². The van der Waals surface area contributed by atoms with E-state index >= 15 is 0 Å². The van der Waals surface area contributed by atoms with Crippen LogP contribution in [0.4, 0.5) is 0 Å². The Morgan fingerprint density at radius 1 is 1.07 bits per heavy atom. The number of rotatable bonds is 10. The van der Waals surface area contributed by atoms with E-state index < -0.39 is 6.04 Å². The second-order valence-corrected chi connectivity index (χ2v) is 6.58. The number of amides is 2. The van der Waals surface area contributed by atoms with Crippen molar-refractivity contribution in [2.75, 3.05) is 20.8 Å². The van der Waals surface area contributed by atoms with E-state index in [-0.39, 0.29) is 18.2 Å². The Balaban J connectivity index is 2.23. The lowest BCUT2D eigenvalue weighted by molar-refractivity contribution is -0.140. The first-order valence-corrected chi connectivity index (χ1v) is 9.43. The molecule has 2 rings (SSSR count). The molecular formula is C23H28N2O4. The second kappa shape index (κ2) is 10.9. The van der Waals surface area contributed by atoms with Crippen molar-refractivity contribution in [2.24, 2.45) is 0 Å². The Morgan fingerprint density at radius 2 is 1.76 bits per heavy atom. The maximum absolute atomic E-state index is 13.1. The molecule has 0 bridgehead atoms. The number of nitrogens with zero attached hydrogens (tertiary/aromatic N) is 1. The molecule has 154 valence electrons. The van der Waals surface area contributed by atoms with Gasteiger partial charge in [-0.1, -0.05) is 42.5 Å². The van der Waals surface area contributed by atoms with E-state index in [2.05, 4.69) is 11.9 Å². The van der Waals surface area contributed by atoms with Gasteiger partial charge in [0.1, 0.15) is 6.04 Å². The van der Waals surface area contributed by atoms with Crippen LogP contribution in [0.3, 0.4) is 0 Å². The summed E-state index contributed by atoms with van der Waals surface area (Å²) in [6, 6.07) is 14.4. The molecule has 0 heterocycles. The molecule has 0 fully saturated rings. The minimum Gasteiger partial charge on any atom is -0.493 e. The highest BCUT2D eigenvalue weighted by molar-refractivity contribution is 5.88. The summed E-state index contributed by atoms with van der Waals surface area (Å²) in [6.45, 7) is 6.03. The monoisotopic (exact) mass is 396 g/mol. The lowest BCUT2D eigenvalue weighted by Gasteiger charge is -2.29. The molecule has 0 aliphatic carbocycles. The average molecular weight is 396 g/mol. The van der Waals surface area contributed by atoms with Gasteiger partial charge in [-0.15, -0.1) is 6.58 Å². The summed E-state index contributed by atoms with van der Waals surface area (Å²) in [4.78, 5) is 27.2. The van der Waals surface area contributed by atoms with E-state index in [1.54, 1.807) is 44.3 Å². The highest BCUT2D eigenvalue weighted by atomic mass is 16.5. The highest BCUT2D eigenvalue weighted by Gasteiger charge is 2.26. The van der Waals surface area contributed by atoms with Gasteiger partial charge in [0.25, 0.3) is 0 Å². The van der Waals surface area contributed by atoms with E-state index in [4.69, 9.17) is 9.47 Å². The Morgan fingerprint density at radius 3 is 2.38 bits per heavy atom. The number of hydrogen-bond donors (Lipinski definition) is 1. The fourth-order valence-electron chi connectivity index (χ4n) is 2.95. The van der Waals surface area contributed by atoms with Crippen LogP contribution in [0.25, 0.3) is 0 Å². The smallest absolute Gasteiger partial charge is 0.242 e. The molecule has 0 aliphatic rings. The Hall–Kier alpha value is -3.28. The van der Waals surface area contributed by atoms with Crippen molar-refractivity contribution >= 4 is 11.8 Å². The van der Waals surface area contributed by atoms with E-state index in [0.717, 1.165) is 11.1 Å². The van der Waals surface area contributed by atoms with Gasteiger partial charge < -0.3 is 19.7 Å². The third kappa shape index (κ3) is 6.10. The van der Waals surface area contributed by atoms with Crippen LogP contribution in [0.1, 0.15) is 18.1 Å². The fourth-order valence-corrected chi connectivity index (χ4v) is 2.95. The van der Waals surface area contributed by atoms with Crippen LogP contribution in [0, 0.1) is 0 Å². The van der Waals surface area contributed by atoms with Gasteiger partial charge in [0.05, 0.1) is 20.6 Å². The van der Waals surface area contributed by atoms with Gasteiger partial charge in [-0.05, 0) is 30.2 Å². The zero-order valence-corrected chi connectivity index (χ0v) is 17.2. The first-order chi connectivity index (χ1) is 14.0. The van der Waals surface area contributed by atoms with E-state index in [1.165, 1.54) is 0 Å². The van der Waals surface area contributed by atoms with Gasteiger partial charge in [-0.2, -0.15) is 0 Å². The SMILES string of the molecule is C=CCNC(=O)[C@@H](C)N(Cc1ccccc1)C(=O)Cc1ccc(OC)c(OC)c1. The summed E-state index contributed by atoms with van der Waals surface area (Å²) in [5, 5.41) is 2.76. The molecule has 1 N–H and O–H groups in total. The standard InChI is InChI=1S/C23H28N2O4/c1-5-13-24-23(27)17(2)25(16-18-9-7-6-8-10-18)22(26)15-19-11-12-20(28-3)21(14-19)29-4/h5-12,14,17H,1,13,15-16H2,2-4H3,(H,24,27)/t17-/m1/s1. The van der Waals surface area contributed by atoms with Crippen LogP contribution in [-0.2, 0) is 22.6 Å². The molecule has 0 unspecified atom stereocenters. The Labute approximate surface area is 172 Å². The molecule has 2 aromatic carbocycles. The quantitative estimate of drug-likeness (QED) is 0.627. The third-order valence-electron chi connectivity index (χ3n) is 4.59. The molecule has 6 nitrogen and oxygen atoms in total. The van der Waals surface area contributed by atoms with E-state index in [1.807, 2.05) is 36.4 Å². The molecule has 0 aliphatic heterocycles. The number of nitrogens with one attached hydrogen (secondary N) is 1. The first-order valence-electron chi connectivity index (χ1n) is 9.43. The molecule has 29 heavy (non-hydrogen) atoms. The molecular weight excluding hydrogens is 368 g/mol. The number of carbonyl (C=O) groups excluding carboxylic acids is 2. The molecule has 0 radical (unpaired) electrons. The molecule has 6 heteroatoms. The molecule has 2 aromatic rings. The van der Waals surface area contributed by atoms with Gasteiger partial charge in [0.15, 0.2) is 11.5 Å². The minimum atomic E-state index is -0.622. The summed E-state index contributed by atoms with van der Waals surface area (Å²) in [5.41, 5.74) is 1.74. The molecule has 0 saturated heterocycles. The summed E-state index contributed by atoms with van der Waals surface area (Å²) in [6.07, 6.45) is 1.75. The summed E-state index contributed by atoms with van der Waals surface area (Å²) >= 11 is 0. The van der Waals surface area contributed by atoms with Gasteiger partial charge >= 0.3 is 0 Å². The fraction of sp³-hybridized carbons (Fsp3) is 0.304. The third-order valence-corrected chi connectivity index (χ3v) is 4.59. The number of carbonyl (C=O) groups is 2. The Kier molecular flexibility index (Phi) is 8.27. The maximum atomic E-state index is 13.1. The molecule has 2 amide bonds. The summed E-state index contributed by atoms with van der Waals surface area (Å²) in [7, 11) is 3.12. The minimum absolute atomic E-state index is 0.145. The van der Waals surface area contributed by atoms with Crippen molar-refractivity contribution in [3.63, 3.8) is 0 Å². The second-order valence-electron chi connectivity index (χ2n) is 6.58. The van der Waals surface area contributed by atoms with Crippen molar-refractivity contribution in [1.29, 1.82) is 0 Å². The predicted molar refractivity (Wildman–Crippen MR) is 113 cm³/mol. The molecule has 1 atom stereocenters. The van der Waals surface area contributed by atoms with Gasteiger partial charge in [-0.25, -0.2) is 0 Å². The van der Waals surface area contributed by atoms with Crippen LogP contribution in [0.5, 0.6) is 11.5 Å². The highest BCUT2D eigenvalue weighted by Crippen LogP contribution is 2.28. The first kappa shape index (κ1) is 22.0. The van der Waals surface area contributed by atoms with E-state index in [9.17, 15) is 9.59 Å². The lowest BCUT2D eigenvalue weighted by Crippen LogP contribution is -2.48.